The molecule has 21 heavy (non-hydrogen) atoms. The predicted molar refractivity (Wildman–Crippen MR) is 82.0 cm³/mol. The molecule has 2 heterocycles. The highest BCUT2D eigenvalue weighted by Gasteiger charge is 2.19. The molecule has 1 atom stereocenters. The van der Waals surface area contributed by atoms with Gasteiger partial charge >= 0.3 is 0 Å². The van der Waals surface area contributed by atoms with Gasteiger partial charge in [0.15, 0.2) is 0 Å². The molecular weight excluding hydrogens is 266 g/mol. The van der Waals surface area contributed by atoms with Crippen LogP contribution in [0.25, 0.3) is 0 Å². The third-order valence-corrected chi connectivity index (χ3v) is 3.21. The van der Waals surface area contributed by atoms with Crippen molar-refractivity contribution in [3.8, 4) is 0 Å². The van der Waals surface area contributed by atoms with Gasteiger partial charge in [0, 0.05) is 32.7 Å². The topological polar surface area (TPSA) is 52.2 Å². The molecule has 0 aliphatic rings. The van der Waals surface area contributed by atoms with E-state index in [0.29, 0.717) is 5.92 Å². The Balaban J connectivity index is 1.85. The minimum Gasteiger partial charge on any atom is -0.467 e. The van der Waals surface area contributed by atoms with Gasteiger partial charge in [-0.25, -0.2) is 4.98 Å². The summed E-state index contributed by atoms with van der Waals surface area (Å²) in [6.45, 7) is 6.77. The van der Waals surface area contributed by atoms with Crippen LogP contribution in [0.3, 0.4) is 0 Å². The van der Waals surface area contributed by atoms with Crippen LogP contribution in [0.15, 0.2) is 35.2 Å². The first-order chi connectivity index (χ1) is 10.2. The summed E-state index contributed by atoms with van der Waals surface area (Å²) in [6, 6.07) is 3.85. The highest BCUT2D eigenvalue weighted by molar-refractivity contribution is 5.15. The molecule has 2 aromatic heterocycles. The summed E-state index contributed by atoms with van der Waals surface area (Å²) in [5.41, 5.74) is 0. The van der Waals surface area contributed by atoms with Gasteiger partial charge in [0.2, 0.25) is 0 Å². The molecule has 0 amide bonds. The smallest absolute Gasteiger partial charge is 0.133 e. The Morgan fingerprint density at radius 3 is 2.90 bits per heavy atom. The highest BCUT2D eigenvalue weighted by Crippen LogP contribution is 2.20. The van der Waals surface area contributed by atoms with Crippen molar-refractivity contribution in [1.29, 1.82) is 0 Å². The van der Waals surface area contributed by atoms with Crippen molar-refractivity contribution < 1.29 is 9.15 Å². The number of furan rings is 1. The molecule has 0 fully saturated rings. The summed E-state index contributed by atoms with van der Waals surface area (Å²) in [7, 11) is 1.99. The Morgan fingerprint density at radius 2 is 2.29 bits per heavy atom. The molecule has 5 nitrogen and oxygen atoms in total. The molecule has 1 unspecified atom stereocenters. The van der Waals surface area contributed by atoms with Crippen LogP contribution in [0, 0.1) is 5.92 Å². The number of hydrogen-bond acceptors (Lipinski definition) is 4. The van der Waals surface area contributed by atoms with Crippen LogP contribution in [0.4, 0.5) is 0 Å². The van der Waals surface area contributed by atoms with Crippen molar-refractivity contribution in [3.63, 3.8) is 0 Å². The predicted octanol–water partition coefficient (Wildman–Crippen LogP) is 2.75. The third-order valence-electron chi connectivity index (χ3n) is 3.21. The van der Waals surface area contributed by atoms with Gasteiger partial charge in [0.25, 0.3) is 0 Å². The van der Waals surface area contributed by atoms with Crippen LogP contribution in [0.2, 0.25) is 0 Å². The first-order valence-electron chi connectivity index (χ1n) is 7.50. The van der Waals surface area contributed by atoms with E-state index < -0.39 is 0 Å². The van der Waals surface area contributed by atoms with Gasteiger partial charge < -0.3 is 19.0 Å². The van der Waals surface area contributed by atoms with Crippen LogP contribution in [-0.2, 0) is 11.8 Å². The molecular formula is C16H25N3O2. The summed E-state index contributed by atoms with van der Waals surface area (Å²) in [6.07, 6.45) is 6.41. The van der Waals surface area contributed by atoms with Gasteiger partial charge in [0.05, 0.1) is 6.26 Å². The van der Waals surface area contributed by atoms with Crippen molar-refractivity contribution in [1.82, 2.24) is 14.9 Å². The van der Waals surface area contributed by atoms with Crippen LogP contribution in [-0.4, -0.2) is 29.3 Å². The van der Waals surface area contributed by atoms with Crippen LogP contribution in [0.1, 0.15) is 37.9 Å². The second-order valence-corrected chi connectivity index (χ2v) is 5.62. The molecule has 116 valence electrons. The molecule has 0 radical (unpaired) electrons. The molecule has 5 heteroatoms. The van der Waals surface area contributed by atoms with E-state index >= 15 is 0 Å². The van der Waals surface area contributed by atoms with Gasteiger partial charge in [-0.15, -0.1) is 0 Å². The molecule has 0 aromatic carbocycles. The Kier molecular flexibility index (Phi) is 6.02. The largest absolute Gasteiger partial charge is 0.467 e. The number of nitrogens with one attached hydrogen (secondary N) is 1. The van der Waals surface area contributed by atoms with E-state index in [-0.39, 0.29) is 6.04 Å². The molecule has 2 aromatic rings. The van der Waals surface area contributed by atoms with Crippen LogP contribution < -0.4 is 5.32 Å². The normalized spacial score (nSPS) is 13.0. The second kappa shape index (κ2) is 8.00. The fourth-order valence-electron chi connectivity index (χ4n) is 2.17. The Hall–Kier alpha value is -1.59. The first kappa shape index (κ1) is 15.8. The second-order valence-electron chi connectivity index (χ2n) is 5.62. The number of aromatic nitrogens is 2. The van der Waals surface area contributed by atoms with Gasteiger partial charge in [-0.2, -0.15) is 0 Å². The number of hydrogen-bond donors (Lipinski definition) is 1. The zero-order chi connectivity index (χ0) is 15.1. The van der Waals surface area contributed by atoms with E-state index in [2.05, 4.69) is 24.1 Å². The summed E-state index contributed by atoms with van der Waals surface area (Å²) in [5.74, 6) is 2.42. The monoisotopic (exact) mass is 291 g/mol. The first-order valence-corrected chi connectivity index (χ1v) is 7.50. The van der Waals surface area contributed by atoms with Crippen molar-refractivity contribution in [2.45, 2.75) is 26.3 Å². The Bertz CT molecular complexity index is 505. The molecule has 0 bridgehead atoms. The lowest BCUT2D eigenvalue weighted by atomic mass is 10.2. The number of rotatable bonds is 9. The summed E-state index contributed by atoms with van der Waals surface area (Å²) in [4.78, 5) is 4.42. The van der Waals surface area contributed by atoms with E-state index in [0.717, 1.165) is 37.8 Å². The minimum atomic E-state index is -0.0231. The maximum Gasteiger partial charge on any atom is 0.133 e. The van der Waals surface area contributed by atoms with Crippen LogP contribution >= 0.6 is 0 Å². The van der Waals surface area contributed by atoms with Gasteiger partial charge in [-0.1, -0.05) is 13.8 Å². The van der Waals surface area contributed by atoms with E-state index in [1.54, 1.807) is 12.5 Å². The standard InChI is InChI=1S/C16H25N3O2/c1-13(2)12-20-10-5-7-17-15(14-6-4-11-21-14)16-18-8-9-19(16)3/h4,6,8-9,11,13,15,17H,5,7,10,12H2,1-3H3. The van der Waals surface area contributed by atoms with E-state index in [4.69, 9.17) is 9.15 Å². The van der Waals surface area contributed by atoms with Crippen LogP contribution in [0.5, 0.6) is 0 Å². The number of imidazole rings is 1. The summed E-state index contributed by atoms with van der Waals surface area (Å²) in [5, 5.41) is 3.50. The number of ether oxygens (including phenoxy) is 1. The molecule has 0 saturated carbocycles. The zero-order valence-electron chi connectivity index (χ0n) is 13.1. The molecule has 0 spiro atoms. The average Bonchev–Trinajstić information content (AvgIpc) is 3.10. The van der Waals surface area contributed by atoms with E-state index in [1.165, 1.54) is 0 Å². The molecule has 2 rings (SSSR count). The SMILES string of the molecule is CC(C)COCCCNC(c1ccco1)c1nccn1C. The molecule has 0 aliphatic carbocycles. The fraction of sp³-hybridized carbons (Fsp3) is 0.562. The maximum atomic E-state index is 5.60. The van der Waals surface area contributed by atoms with Gasteiger partial charge in [-0.05, 0) is 31.0 Å². The molecule has 0 saturated heterocycles. The maximum absolute atomic E-state index is 5.60. The highest BCUT2D eigenvalue weighted by atomic mass is 16.5. The van der Waals surface area contributed by atoms with Gasteiger partial charge in [0.1, 0.15) is 17.6 Å². The summed E-state index contributed by atoms with van der Waals surface area (Å²) < 4.78 is 13.1. The Morgan fingerprint density at radius 1 is 1.43 bits per heavy atom. The van der Waals surface area contributed by atoms with Crippen molar-refractivity contribution in [2.75, 3.05) is 19.8 Å². The lowest BCUT2D eigenvalue weighted by molar-refractivity contribution is 0.107. The third kappa shape index (κ3) is 4.72. The number of nitrogens with zero attached hydrogens (tertiary/aromatic N) is 2. The van der Waals surface area contributed by atoms with E-state index in [9.17, 15) is 0 Å². The Labute approximate surface area is 126 Å². The lowest BCUT2D eigenvalue weighted by Crippen LogP contribution is -2.26. The zero-order valence-corrected chi connectivity index (χ0v) is 13.1. The van der Waals surface area contributed by atoms with Crippen molar-refractivity contribution in [3.05, 3.63) is 42.4 Å². The fourth-order valence-corrected chi connectivity index (χ4v) is 2.17. The summed E-state index contributed by atoms with van der Waals surface area (Å²) >= 11 is 0. The lowest BCUT2D eigenvalue weighted by Gasteiger charge is -2.16. The minimum absolute atomic E-state index is 0.0231. The van der Waals surface area contributed by atoms with Gasteiger partial charge in [-0.3, -0.25) is 0 Å². The average molecular weight is 291 g/mol. The van der Waals surface area contributed by atoms with E-state index in [1.807, 2.05) is 29.9 Å². The molecule has 1 N–H and O–H groups in total. The molecule has 0 aliphatic heterocycles. The quantitative estimate of drug-likeness (QED) is 0.722. The van der Waals surface area contributed by atoms with Crippen molar-refractivity contribution >= 4 is 0 Å². The van der Waals surface area contributed by atoms with Crippen molar-refractivity contribution in [2.24, 2.45) is 13.0 Å². The number of aryl methyl sites for hydroxylation is 1.